The molecule has 3 N–H and O–H groups in total. The van der Waals surface area contributed by atoms with Crippen molar-refractivity contribution in [3.63, 3.8) is 0 Å². The zero-order valence-electron chi connectivity index (χ0n) is 21.0. The molecule has 2 amide bonds. The minimum atomic E-state index is -0.317. The molecule has 0 radical (unpaired) electrons. The summed E-state index contributed by atoms with van der Waals surface area (Å²) < 4.78 is 0. The molecule has 3 aromatic carbocycles. The number of rotatable bonds is 12. The summed E-state index contributed by atoms with van der Waals surface area (Å²) in [6, 6.07) is 18.5. The quantitative estimate of drug-likeness (QED) is 0.191. The van der Waals surface area contributed by atoms with E-state index < -0.39 is 0 Å². The van der Waals surface area contributed by atoms with Crippen molar-refractivity contribution in [2.24, 2.45) is 0 Å². The van der Waals surface area contributed by atoms with E-state index >= 15 is 0 Å². The molecule has 0 heterocycles. The summed E-state index contributed by atoms with van der Waals surface area (Å²) in [6.07, 6.45) is 1.93. The molecule has 1 unspecified atom stereocenters. The van der Waals surface area contributed by atoms with Crippen LogP contribution in [0.1, 0.15) is 24.3 Å². The summed E-state index contributed by atoms with van der Waals surface area (Å²) in [4.78, 5) is 14.8. The van der Waals surface area contributed by atoms with Crippen molar-refractivity contribution in [2.45, 2.75) is 18.8 Å². The minimum absolute atomic E-state index is 0.0952. The van der Waals surface area contributed by atoms with E-state index in [1.807, 2.05) is 24.3 Å². The van der Waals surface area contributed by atoms with Gasteiger partial charge in [-0.2, -0.15) is 0 Å². The van der Waals surface area contributed by atoms with Crippen LogP contribution in [0.2, 0.25) is 20.1 Å². The summed E-state index contributed by atoms with van der Waals surface area (Å²) >= 11 is 24.5. The molecule has 0 fully saturated rings. The average molecular weight is 582 g/mol. The third-order valence-corrected chi connectivity index (χ3v) is 7.04. The van der Waals surface area contributed by atoms with Gasteiger partial charge >= 0.3 is 6.03 Å². The molecular weight excluding hydrogens is 550 g/mol. The summed E-state index contributed by atoms with van der Waals surface area (Å²) in [6.45, 7) is 3.28. The molecule has 0 aliphatic heterocycles. The van der Waals surface area contributed by atoms with Crippen LogP contribution in [0.3, 0.4) is 0 Å². The Labute approximate surface area is 239 Å². The molecule has 0 spiro atoms. The number of hydrogen-bond acceptors (Lipinski definition) is 3. The highest BCUT2D eigenvalue weighted by Crippen LogP contribution is 2.31. The molecule has 37 heavy (non-hydrogen) atoms. The molecule has 3 aromatic rings. The van der Waals surface area contributed by atoms with Crippen LogP contribution >= 0.6 is 46.4 Å². The van der Waals surface area contributed by atoms with Gasteiger partial charge < -0.3 is 20.9 Å². The highest BCUT2D eigenvalue weighted by Gasteiger charge is 2.15. The van der Waals surface area contributed by atoms with Gasteiger partial charge in [0.2, 0.25) is 0 Å². The van der Waals surface area contributed by atoms with Crippen molar-refractivity contribution in [1.82, 2.24) is 15.5 Å². The van der Waals surface area contributed by atoms with Crippen LogP contribution in [0.5, 0.6) is 0 Å². The molecule has 0 aromatic heterocycles. The van der Waals surface area contributed by atoms with Crippen LogP contribution in [0, 0.1) is 0 Å². The molecule has 0 bridgehead atoms. The highest BCUT2D eigenvalue weighted by atomic mass is 35.5. The van der Waals surface area contributed by atoms with Crippen LogP contribution in [0.25, 0.3) is 11.1 Å². The average Bonchev–Trinajstić information content (AvgIpc) is 2.84. The maximum atomic E-state index is 12.7. The first-order valence-electron chi connectivity index (χ1n) is 12.1. The van der Waals surface area contributed by atoms with Gasteiger partial charge in [0.1, 0.15) is 0 Å². The molecule has 9 heteroatoms. The van der Waals surface area contributed by atoms with Crippen LogP contribution in [0.4, 0.5) is 10.5 Å². The number of carbonyl (C=O) groups is 1. The Morgan fingerprint density at radius 1 is 0.865 bits per heavy atom. The Morgan fingerprint density at radius 3 is 2.30 bits per heavy atom. The number of urea groups is 1. The Balaban J connectivity index is 1.69. The Bertz CT molecular complexity index is 1170. The maximum absolute atomic E-state index is 12.7. The lowest BCUT2D eigenvalue weighted by Gasteiger charge is -2.20. The van der Waals surface area contributed by atoms with Crippen molar-refractivity contribution in [2.75, 3.05) is 45.6 Å². The maximum Gasteiger partial charge on any atom is 0.319 e. The second-order valence-corrected chi connectivity index (χ2v) is 10.8. The van der Waals surface area contributed by atoms with Crippen LogP contribution < -0.4 is 16.0 Å². The van der Waals surface area contributed by atoms with E-state index in [-0.39, 0.29) is 11.9 Å². The van der Waals surface area contributed by atoms with E-state index in [2.05, 4.69) is 47.1 Å². The van der Waals surface area contributed by atoms with Gasteiger partial charge in [-0.3, -0.25) is 0 Å². The number of amides is 2. The normalized spacial score (nSPS) is 12.0. The zero-order valence-corrected chi connectivity index (χ0v) is 24.0. The minimum Gasteiger partial charge on any atom is -0.337 e. The van der Waals surface area contributed by atoms with E-state index in [4.69, 9.17) is 46.4 Å². The predicted molar refractivity (Wildman–Crippen MR) is 159 cm³/mol. The van der Waals surface area contributed by atoms with E-state index in [9.17, 15) is 4.79 Å². The highest BCUT2D eigenvalue weighted by molar-refractivity contribution is 6.42. The standard InChI is InChI=1S/C28H32Cl4N4O/c1-36(2)12-4-10-33-11-9-22(18-34-28(37)35-25-16-23(29)15-24(30)17-25)20-6-3-5-19(13-20)21-7-8-26(31)27(32)14-21/h3,5-8,13-17,22,33H,4,9-12,18H2,1-2H3,(H2,34,35,37). The van der Waals surface area contributed by atoms with Crippen molar-refractivity contribution in [3.05, 3.63) is 86.3 Å². The molecule has 0 saturated heterocycles. The molecular formula is C28H32Cl4N4O. The number of carbonyl (C=O) groups excluding carboxylic acids is 1. The summed E-state index contributed by atoms with van der Waals surface area (Å²) in [5.41, 5.74) is 3.69. The number of benzene rings is 3. The SMILES string of the molecule is CN(C)CCCNCCC(CNC(=O)Nc1cc(Cl)cc(Cl)c1)c1cccc(-c2ccc(Cl)c(Cl)c2)c1. The number of nitrogens with one attached hydrogen (secondary N) is 3. The number of halogens is 4. The summed E-state index contributed by atoms with van der Waals surface area (Å²) in [5, 5.41) is 11.3. The third-order valence-electron chi connectivity index (χ3n) is 5.87. The van der Waals surface area contributed by atoms with E-state index in [0.717, 1.165) is 49.2 Å². The first-order valence-corrected chi connectivity index (χ1v) is 13.6. The molecule has 3 rings (SSSR count). The van der Waals surface area contributed by atoms with Gasteiger partial charge in [0, 0.05) is 28.2 Å². The van der Waals surface area contributed by atoms with Crippen molar-refractivity contribution < 1.29 is 4.79 Å². The van der Waals surface area contributed by atoms with Gasteiger partial charge in [0.05, 0.1) is 10.0 Å². The first-order chi connectivity index (χ1) is 17.7. The lowest BCUT2D eigenvalue weighted by atomic mass is 9.92. The molecule has 5 nitrogen and oxygen atoms in total. The Hall–Kier alpha value is -1.99. The van der Waals surface area contributed by atoms with E-state index in [0.29, 0.717) is 32.3 Å². The van der Waals surface area contributed by atoms with Crippen molar-refractivity contribution in [3.8, 4) is 11.1 Å². The second kappa shape index (κ2) is 14.8. The molecule has 0 aliphatic carbocycles. The fourth-order valence-corrected chi connectivity index (χ4v) is 4.80. The van der Waals surface area contributed by atoms with Gasteiger partial charge in [-0.05, 0) is 93.6 Å². The van der Waals surface area contributed by atoms with Crippen molar-refractivity contribution >= 4 is 58.1 Å². The topological polar surface area (TPSA) is 56.4 Å². The Morgan fingerprint density at radius 2 is 1.59 bits per heavy atom. The summed E-state index contributed by atoms with van der Waals surface area (Å²) in [7, 11) is 4.15. The lowest BCUT2D eigenvalue weighted by Crippen LogP contribution is -2.33. The summed E-state index contributed by atoms with van der Waals surface area (Å²) in [5.74, 6) is 0.0952. The van der Waals surface area contributed by atoms with E-state index in [1.54, 1.807) is 24.3 Å². The van der Waals surface area contributed by atoms with Gasteiger partial charge in [-0.1, -0.05) is 76.7 Å². The van der Waals surface area contributed by atoms with Gasteiger partial charge in [-0.25, -0.2) is 4.79 Å². The zero-order chi connectivity index (χ0) is 26.8. The van der Waals surface area contributed by atoms with Gasteiger partial charge in [0.25, 0.3) is 0 Å². The number of hydrogen-bond donors (Lipinski definition) is 3. The second-order valence-electron chi connectivity index (χ2n) is 9.14. The van der Waals surface area contributed by atoms with E-state index in [1.165, 1.54) is 0 Å². The van der Waals surface area contributed by atoms with Crippen LogP contribution in [-0.2, 0) is 0 Å². The third kappa shape index (κ3) is 10.0. The fraction of sp³-hybridized carbons (Fsp3) is 0.321. The molecule has 198 valence electrons. The molecule has 1 atom stereocenters. The van der Waals surface area contributed by atoms with Crippen molar-refractivity contribution in [1.29, 1.82) is 0 Å². The first kappa shape index (κ1) is 29.6. The van der Waals surface area contributed by atoms with Gasteiger partial charge in [-0.15, -0.1) is 0 Å². The van der Waals surface area contributed by atoms with Crippen LogP contribution in [-0.4, -0.2) is 51.2 Å². The lowest BCUT2D eigenvalue weighted by molar-refractivity contribution is 0.251. The smallest absolute Gasteiger partial charge is 0.319 e. The fourth-order valence-electron chi connectivity index (χ4n) is 3.97. The van der Waals surface area contributed by atoms with Gasteiger partial charge in [0.15, 0.2) is 0 Å². The monoisotopic (exact) mass is 580 g/mol. The molecule has 0 aliphatic rings. The largest absolute Gasteiger partial charge is 0.337 e. The number of anilines is 1. The van der Waals surface area contributed by atoms with Crippen LogP contribution in [0.15, 0.2) is 60.7 Å². The number of nitrogens with zero attached hydrogens (tertiary/aromatic N) is 1. The molecule has 0 saturated carbocycles. The Kier molecular flexibility index (Phi) is 11.8. The predicted octanol–water partition coefficient (Wildman–Crippen LogP) is 7.80.